The Bertz CT molecular complexity index is 1190. The Labute approximate surface area is 179 Å². The molecule has 0 N–H and O–H groups in total. The summed E-state index contributed by atoms with van der Waals surface area (Å²) in [4.78, 5) is 0.279. The van der Waals surface area contributed by atoms with Crippen LogP contribution in [-0.2, 0) is 10.0 Å². The molecule has 1 saturated carbocycles. The lowest BCUT2D eigenvalue weighted by atomic mass is 9.95. The molecule has 1 aliphatic rings. The van der Waals surface area contributed by atoms with Gasteiger partial charge in [0.05, 0.1) is 17.1 Å². The Morgan fingerprint density at radius 1 is 0.867 bits per heavy atom. The third-order valence-electron chi connectivity index (χ3n) is 5.10. The maximum Gasteiger partial charge on any atom is 0.264 e. The number of benzene rings is 3. The normalized spacial score (nSPS) is 13.0. The van der Waals surface area contributed by atoms with Gasteiger partial charge in [-0.25, -0.2) is 8.42 Å². The van der Waals surface area contributed by atoms with Crippen molar-refractivity contribution in [2.45, 2.75) is 24.7 Å². The van der Waals surface area contributed by atoms with Crippen LogP contribution >= 0.6 is 0 Å². The lowest BCUT2D eigenvalue weighted by Gasteiger charge is -2.28. The number of nitrogens with zero attached hydrogens (tertiary/aromatic N) is 1. The molecule has 0 saturated heterocycles. The monoisotopic (exact) mass is 415 g/mol. The van der Waals surface area contributed by atoms with E-state index in [-0.39, 0.29) is 11.4 Å². The van der Waals surface area contributed by atoms with E-state index in [1.807, 2.05) is 55.5 Å². The van der Waals surface area contributed by atoms with E-state index >= 15 is 0 Å². The smallest absolute Gasteiger partial charge is 0.262 e. The molecule has 30 heavy (non-hydrogen) atoms. The molecule has 1 aliphatic carbocycles. The first-order valence-corrected chi connectivity index (χ1v) is 11.5. The molecule has 0 aromatic heterocycles. The summed E-state index contributed by atoms with van der Waals surface area (Å²) < 4.78 is 28.8. The first-order chi connectivity index (χ1) is 14.5. The van der Waals surface area contributed by atoms with Crippen LogP contribution in [-0.4, -0.2) is 15.0 Å². The third-order valence-corrected chi connectivity index (χ3v) is 6.88. The maximum atomic E-state index is 13.6. The highest BCUT2D eigenvalue weighted by molar-refractivity contribution is 7.92. The summed E-state index contributed by atoms with van der Waals surface area (Å²) >= 11 is 0. The average Bonchev–Trinajstić information content (AvgIpc) is 3.59. The fourth-order valence-electron chi connectivity index (χ4n) is 3.63. The zero-order valence-electron chi connectivity index (χ0n) is 17.1. The highest BCUT2D eigenvalue weighted by atomic mass is 32.2. The Kier molecular flexibility index (Phi) is 5.60. The van der Waals surface area contributed by atoms with E-state index in [1.165, 1.54) is 9.88 Å². The molecule has 0 atom stereocenters. The average molecular weight is 416 g/mol. The van der Waals surface area contributed by atoms with Crippen molar-refractivity contribution in [1.29, 1.82) is 0 Å². The van der Waals surface area contributed by atoms with Gasteiger partial charge in [0.15, 0.2) is 0 Å². The van der Waals surface area contributed by atoms with Crippen LogP contribution in [0.2, 0.25) is 0 Å². The van der Waals surface area contributed by atoms with Gasteiger partial charge in [0, 0.05) is 5.56 Å². The highest BCUT2D eigenvalue weighted by Crippen LogP contribution is 2.43. The molecule has 3 nitrogen and oxygen atoms in total. The SMILES string of the molecule is C=C(C)CN(c1ccccc1C(=C1CC1)c1ccccc1)S(=O)(=O)c1ccccc1. The second-order valence-corrected chi connectivity index (χ2v) is 9.51. The standard InChI is InChI=1S/C26H25NO2S/c1-20(2)19-27(30(28,29)23-13-7-4-8-14-23)25-16-10-9-15-24(25)26(22-17-18-22)21-11-5-3-6-12-21/h3-16H,1,17-19H2,2H3. The number of hydrogen-bond donors (Lipinski definition) is 0. The number of hydrogen-bond acceptors (Lipinski definition) is 2. The van der Waals surface area contributed by atoms with Gasteiger partial charge in [-0.05, 0) is 49.1 Å². The molecular weight excluding hydrogens is 390 g/mol. The van der Waals surface area contributed by atoms with Gasteiger partial charge in [-0.2, -0.15) is 0 Å². The van der Waals surface area contributed by atoms with E-state index in [0.29, 0.717) is 5.69 Å². The fraction of sp³-hybridized carbons (Fsp3) is 0.154. The predicted molar refractivity (Wildman–Crippen MR) is 124 cm³/mol. The number of anilines is 1. The van der Waals surface area contributed by atoms with E-state index in [4.69, 9.17) is 0 Å². The second kappa shape index (κ2) is 8.33. The second-order valence-electron chi connectivity index (χ2n) is 7.64. The van der Waals surface area contributed by atoms with Gasteiger partial charge < -0.3 is 0 Å². The molecule has 3 aromatic rings. The third kappa shape index (κ3) is 4.10. The Balaban J connectivity index is 1.90. The van der Waals surface area contributed by atoms with Crippen molar-refractivity contribution in [2.75, 3.05) is 10.8 Å². The molecule has 0 heterocycles. The van der Waals surface area contributed by atoms with E-state index < -0.39 is 10.0 Å². The van der Waals surface area contributed by atoms with Gasteiger partial charge in [-0.3, -0.25) is 4.31 Å². The number of sulfonamides is 1. The van der Waals surface area contributed by atoms with Crippen molar-refractivity contribution in [1.82, 2.24) is 0 Å². The van der Waals surface area contributed by atoms with Crippen molar-refractivity contribution in [3.05, 3.63) is 114 Å². The summed E-state index contributed by atoms with van der Waals surface area (Å²) in [6, 6.07) is 26.6. The van der Waals surface area contributed by atoms with Crippen LogP contribution in [0.4, 0.5) is 5.69 Å². The summed E-state index contributed by atoms with van der Waals surface area (Å²) in [5.74, 6) is 0. The first-order valence-electron chi connectivity index (χ1n) is 10.1. The van der Waals surface area contributed by atoms with Crippen LogP contribution in [0.1, 0.15) is 30.9 Å². The Morgan fingerprint density at radius 2 is 1.43 bits per heavy atom. The minimum atomic E-state index is -3.74. The van der Waals surface area contributed by atoms with Crippen LogP contribution in [0.3, 0.4) is 0 Å². The van der Waals surface area contributed by atoms with Gasteiger partial charge in [0.1, 0.15) is 0 Å². The van der Waals surface area contributed by atoms with Crippen molar-refractivity contribution in [3.8, 4) is 0 Å². The maximum absolute atomic E-state index is 13.6. The van der Waals surface area contributed by atoms with Gasteiger partial charge >= 0.3 is 0 Å². The van der Waals surface area contributed by atoms with E-state index in [9.17, 15) is 8.42 Å². The quantitative estimate of drug-likeness (QED) is 0.440. The van der Waals surface area contributed by atoms with Gasteiger partial charge in [0.2, 0.25) is 0 Å². The molecule has 4 heteroatoms. The molecule has 0 aliphatic heterocycles. The molecule has 0 unspecified atom stereocenters. The Morgan fingerprint density at radius 3 is 2.03 bits per heavy atom. The predicted octanol–water partition coefficient (Wildman–Crippen LogP) is 6.05. The minimum Gasteiger partial charge on any atom is -0.262 e. The summed E-state index contributed by atoms with van der Waals surface area (Å²) in [6.07, 6.45) is 2.09. The number of allylic oxidation sites excluding steroid dienone is 1. The summed E-state index contributed by atoms with van der Waals surface area (Å²) in [5.41, 5.74) is 6.02. The molecule has 3 aromatic carbocycles. The zero-order chi connectivity index (χ0) is 21.1. The molecule has 0 spiro atoms. The van der Waals surface area contributed by atoms with Crippen molar-refractivity contribution in [3.63, 3.8) is 0 Å². The van der Waals surface area contributed by atoms with Crippen molar-refractivity contribution >= 4 is 21.3 Å². The van der Waals surface area contributed by atoms with Gasteiger partial charge in [-0.1, -0.05) is 84.5 Å². The largest absolute Gasteiger partial charge is 0.264 e. The number of para-hydroxylation sites is 1. The molecule has 1 fully saturated rings. The summed E-state index contributed by atoms with van der Waals surface area (Å²) in [6.45, 7) is 6.07. The molecule has 4 rings (SSSR count). The topological polar surface area (TPSA) is 37.4 Å². The lowest BCUT2D eigenvalue weighted by molar-refractivity contribution is 0.592. The molecular formula is C26H25NO2S. The lowest BCUT2D eigenvalue weighted by Crippen LogP contribution is -2.33. The molecule has 0 amide bonds. The van der Waals surface area contributed by atoms with Crippen LogP contribution < -0.4 is 4.31 Å². The molecule has 0 bridgehead atoms. The van der Waals surface area contributed by atoms with E-state index in [2.05, 4.69) is 18.7 Å². The minimum absolute atomic E-state index is 0.228. The fourth-order valence-corrected chi connectivity index (χ4v) is 5.20. The summed E-state index contributed by atoms with van der Waals surface area (Å²) in [5, 5.41) is 0. The van der Waals surface area contributed by atoms with Crippen LogP contribution in [0.5, 0.6) is 0 Å². The summed E-state index contributed by atoms with van der Waals surface area (Å²) in [7, 11) is -3.74. The van der Waals surface area contributed by atoms with Crippen LogP contribution in [0, 0.1) is 0 Å². The highest BCUT2D eigenvalue weighted by Gasteiger charge is 2.29. The first kappa shape index (κ1) is 20.2. The van der Waals surface area contributed by atoms with Gasteiger partial charge in [0.25, 0.3) is 10.0 Å². The van der Waals surface area contributed by atoms with Crippen LogP contribution in [0.15, 0.2) is 108 Å². The van der Waals surface area contributed by atoms with E-state index in [0.717, 1.165) is 35.1 Å². The van der Waals surface area contributed by atoms with Gasteiger partial charge in [-0.15, -0.1) is 0 Å². The zero-order valence-corrected chi connectivity index (χ0v) is 17.9. The Hall–Kier alpha value is -3.11. The van der Waals surface area contributed by atoms with Crippen molar-refractivity contribution < 1.29 is 8.42 Å². The van der Waals surface area contributed by atoms with Crippen molar-refractivity contribution in [2.24, 2.45) is 0 Å². The number of rotatable bonds is 7. The van der Waals surface area contributed by atoms with E-state index in [1.54, 1.807) is 24.3 Å². The van der Waals surface area contributed by atoms with Crippen LogP contribution in [0.25, 0.3) is 5.57 Å². The molecule has 0 radical (unpaired) electrons. The molecule has 152 valence electrons.